The zero-order valence-corrected chi connectivity index (χ0v) is 17.4. The lowest BCUT2D eigenvalue weighted by Crippen LogP contribution is -2.46. The van der Waals surface area contributed by atoms with E-state index in [1.54, 1.807) is 23.2 Å². The minimum absolute atomic E-state index is 0.134. The molecule has 1 aliphatic heterocycles. The summed E-state index contributed by atoms with van der Waals surface area (Å²) in [5.74, 6) is -0.172. The highest BCUT2D eigenvalue weighted by atomic mass is 16.5. The topological polar surface area (TPSA) is 95.8 Å². The number of amides is 1. The fraction of sp³-hybridized carbons (Fsp3) is 0.391. The minimum Gasteiger partial charge on any atom is -0.463 e. The minimum atomic E-state index is -0.385. The second kappa shape index (κ2) is 7.74. The molecule has 1 fully saturated rings. The number of carbonyl (C=O) groups is 1. The summed E-state index contributed by atoms with van der Waals surface area (Å²) in [7, 11) is 0. The fourth-order valence-corrected chi connectivity index (χ4v) is 3.85. The van der Waals surface area contributed by atoms with Crippen molar-refractivity contribution in [1.29, 1.82) is 0 Å². The smallest absolute Gasteiger partial charge is 0.257 e. The van der Waals surface area contributed by atoms with Gasteiger partial charge in [0.05, 0.1) is 24.9 Å². The number of nitrogens with one attached hydrogen (secondary N) is 1. The lowest BCUT2D eigenvalue weighted by molar-refractivity contribution is -0.0447. The van der Waals surface area contributed by atoms with Crippen LogP contribution in [-0.2, 0) is 10.2 Å². The first kappa shape index (κ1) is 20.4. The van der Waals surface area contributed by atoms with Gasteiger partial charge >= 0.3 is 0 Å². The molecular formula is C23H26N2O5. The SMILES string of the molecule is CC(C)(C)c1cc(-c2ccc[nH]c2=O)cc2c(C(=O)N3CCOC(CO)C3)coc12. The number of benzene rings is 1. The number of ether oxygens (including phenoxy) is 1. The van der Waals surface area contributed by atoms with Gasteiger partial charge in [-0.3, -0.25) is 9.59 Å². The zero-order chi connectivity index (χ0) is 21.5. The number of aliphatic hydroxyl groups is 1. The molecule has 30 heavy (non-hydrogen) atoms. The highest BCUT2D eigenvalue weighted by Crippen LogP contribution is 2.36. The Morgan fingerprint density at radius 2 is 2.13 bits per heavy atom. The van der Waals surface area contributed by atoms with E-state index in [0.717, 1.165) is 11.1 Å². The van der Waals surface area contributed by atoms with Crippen molar-refractivity contribution < 1.29 is 19.1 Å². The van der Waals surface area contributed by atoms with Crippen molar-refractivity contribution in [1.82, 2.24) is 9.88 Å². The molecule has 0 aliphatic carbocycles. The molecule has 1 atom stereocenters. The summed E-state index contributed by atoms with van der Waals surface area (Å²) in [6, 6.07) is 7.35. The lowest BCUT2D eigenvalue weighted by Gasteiger charge is -2.31. The molecule has 7 heteroatoms. The third-order valence-corrected chi connectivity index (χ3v) is 5.47. The normalized spacial score (nSPS) is 17.5. The van der Waals surface area contributed by atoms with E-state index in [9.17, 15) is 14.7 Å². The van der Waals surface area contributed by atoms with Crippen LogP contribution in [0, 0.1) is 0 Å². The maximum atomic E-state index is 13.3. The number of aromatic nitrogens is 1. The standard InChI is InChI=1S/C23H26N2O5/c1-23(2,3)19-10-14(16-5-4-6-24-21(16)27)9-17-18(13-30-20(17)19)22(28)25-7-8-29-15(11-25)12-26/h4-6,9-10,13,15,26H,7-8,11-12H2,1-3H3,(H,24,27). The summed E-state index contributed by atoms with van der Waals surface area (Å²) >= 11 is 0. The van der Waals surface area contributed by atoms with Crippen LogP contribution in [0.5, 0.6) is 0 Å². The van der Waals surface area contributed by atoms with Crippen molar-refractivity contribution in [3.05, 3.63) is 58.2 Å². The van der Waals surface area contributed by atoms with Gasteiger partial charge in [-0.25, -0.2) is 0 Å². The molecule has 4 rings (SSSR count). The summed E-state index contributed by atoms with van der Waals surface area (Å²) < 4.78 is 11.3. The van der Waals surface area contributed by atoms with Crippen LogP contribution in [0.4, 0.5) is 0 Å². The van der Waals surface area contributed by atoms with Gasteiger partial charge in [0.25, 0.3) is 11.5 Å². The molecule has 0 bridgehead atoms. The van der Waals surface area contributed by atoms with Crippen LogP contribution in [0.1, 0.15) is 36.7 Å². The first-order chi connectivity index (χ1) is 14.3. The zero-order valence-electron chi connectivity index (χ0n) is 17.4. The molecule has 3 heterocycles. The summed E-state index contributed by atoms with van der Waals surface area (Å²) in [4.78, 5) is 30.1. The number of carbonyl (C=O) groups excluding carboxylic acids is 1. The third kappa shape index (κ3) is 3.66. The monoisotopic (exact) mass is 410 g/mol. The first-order valence-electron chi connectivity index (χ1n) is 10.0. The van der Waals surface area contributed by atoms with Crippen LogP contribution >= 0.6 is 0 Å². The van der Waals surface area contributed by atoms with Gasteiger partial charge in [0.2, 0.25) is 0 Å². The Balaban J connectivity index is 1.86. The Kier molecular flexibility index (Phi) is 5.26. The van der Waals surface area contributed by atoms with Crippen molar-refractivity contribution in [2.45, 2.75) is 32.3 Å². The lowest BCUT2D eigenvalue weighted by atomic mass is 9.84. The molecule has 3 aromatic rings. The first-order valence-corrected chi connectivity index (χ1v) is 10.0. The van der Waals surface area contributed by atoms with E-state index in [-0.39, 0.29) is 29.6 Å². The van der Waals surface area contributed by atoms with Gasteiger partial charge in [0.15, 0.2) is 0 Å². The maximum Gasteiger partial charge on any atom is 0.257 e. The van der Waals surface area contributed by atoms with Gasteiger partial charge in [-0.2, -0.15) is 0 Å². The van der Waals surface area contributed by atoms with Crippen molar-refractivity contribution >= 4 is 16.9 Å². The molecule has 2 aromatic heterocycles. The van der Waals surface area contributed by atoms with E-state index < -0.39 is 0 Å². The maximum absolute atomic E-state index is 13.3. The van der Waals surface area contributed by atoms with Crippen molar-refractivity contribution in [2.75, 3.05) is 26.3 Å². The number of nitrogens with zero attached hydrogens (tertiary/aromatic N) is 1. The Morgan fingerprint density at radius 1 is 1.33 bits per heavy atom. The molecule has 0 spiro atoms. The van der Waals surface area contributed by atoms with E-state index in [1.165, 1.54) is 6.26 Å². The molecule has 0 radical (unpaired) electrons. The van der Waals surface area contributed by atoms with Crippen molar-refractivity contribution in [3.8, 4) is 11.1 Å². The number of H-pyrrole nitrogens is 1. The number of aliphatic hydroxyl groups excluding tert-OH is 1. The molecule has 1 aliphatic rings. The third-order valence-electron chi connectivity index (χ3n) is 5.47. The van der Waals surface area contributed by atoms with Gasteiger partial charge < -0.3 is 24.1 Å². The number of aromatic amines is 1. The predicted octanol–water partition coefficient (Wildman–Crippen LogP) is 2.92. The number of morpholine rings is 1. The highest BCUT2D eigenvalue weighted by Gasteiger charge is 2.29. The van der Waals surface area contributed by atoms with Gasteiger partial charge in [0.1, 0.15) is 11.8 Å². The van der Waals surface area contributed by atoms with Crippen molar-refractivity contribution in [3.63, 3.8) is 0 Å². The molecule has 158 valence electrons. The number of rotatable bonds is 3. The average molecular weight is 410 g/mol. The Labute approximate surface area is 174 Å². The van der Waals surface area contributed by atoms with E-state index in [2.05, 4.69) is 25.8 Å². The average Bonchev–Trinajstić information content (AvgIpc) is 3.16. The summed E-state index contributed by atoms with van der Waals surface area (Å²) in [5, 5.41) is 10.1. The second-order valence-electron chi connectivity index (χ2n) is 8.64. The quantitative estimate of drug-likeness (QED) is 0.692. The molecular weight excluding hydrogens is 384 g/mol. The molecule has 1 amide bonds. The second-order valence-corrected chi connectivity index (χ2v) is 8.64. The molecule has 0 saturated carbocycles. The molecule has 1 saturated heterocycles. The van der Waals surface area contributed by atoms with Crippen LogP contribution in [0.3, 0.4) is 0 Å². The number of fused-ring (bicyclic) bond motifs is 1. The van der Waals surface area contributed by atoms with E-state index in [0.29, 0.717) is 41.8 Å². The van der Waals surface area contributed by atoms with Crippen molar-refractivity contribution in [2.24, 2.45) is 0 Å². The predicted molar refractivity (Wildman–Crippen MR) is 114 cm³/mol. The molecule has 7 nitrogen and oxygen atoms in total. The number of hydrogen-bond donors (Lipinski definition) is 2. The summed E-state index contributed by atoms with van der Waals surface area (Å²) in [5.41, 5.74) is 2.85. The van der Waals surface area contributed by atoms with Gasteiger partial charge in [-0.1, -0.05) is 20.8 Å². The summed E-state index contributed by atoms with van der Waals surface area (Å²) in [6.07, 6.45) is 2.70. The molecule has 2 N–H and O–H groups in total. The number of furan rings is 1. The fourth-order valence-electron chi connectivity index (χ4n) is 3.85. The van der Waals surface area contributed by atoms with Gasteiger partial charge in [0, 0.05) is 35.8 Å². The van der Waals surface area contributed by atoms with E-state index >= 15 is 0 Å². The van der Waals surface area contributed by atoms with E-state index in [1.807, 2.05) is 12.1 Å². The molecule has 1 aromatic carbocycles. The van der Waals surface area contributed by atoms with Crippen LogP contribution in [0.25, 0.3) is 22.1 Å². The van der Waals surface area contributed by atoms with Crippen LogP contribution < -0.4 is 5.56 Å². The molecule has 1 unspecified atom stereocenters. The van der Waals surface area contributed by atoms with Gasteiger partial charge in [-0.15, -0.1) is 0 Å². The van der Waals surface area contributed by atoms with Gasteiger partial charge in [-0.05, 0) is 35.2 Å². The Hall–Kier alpha value is -2.90. The largest absolute Gasteiger partial charge is 0.463 e. The number of pyridine rings is 1. The summed E-state index contributed by atoms with van der Waals surface area (Å²) in [6.45, 7) is 7.23. The highest BCUT2D eigenvalue weighted by molar-refractivity contribution is 6.07. The van der Waals surface area contributed by atoms with E-state index in [4.69, 9.17) is 9.15 Å². The van der Waals surface area contributed by atoms with Crippen LogP contribution in [0.15, 0.2) is 45.9 Å². The number of hydrogen-bond acceptors (Lipinski definition) is 5. The van der Waals surface area contributed by atoms with Crippen LogP contribution in [-0.4, -0.2) is 53.3 Å². The van der Waals surface area contributed by atoms with Crippen LogP contribution in [0.2, 0.25) is 0 Å². The Morgan fingerprint density at radius 3 is 2.83 bits per heavy atom. The Bertz CT molecular complexity index is 1140.